The summed E-state index contributed by atoms with van der Waals surface area (Å²) < 4.78 is 5.26. The molecule has 0 N–H and O–H groups in total. The molecule has 50 valence electrons. The summed E-state index contributed by atoms with van der Waals surface area (Å²) in [6.45, 7) is 4.13. The first-order valence-electron chi connectivity index (χ1n) is 3.18. The molecule has 0 fully saturated rings. The van der Waals surface area contributed by atoms with Gasteiger partial charge in [-0.1, -0.05) is 0 Å². The maximum absolute atomic E-state index is 5.26. The van der Waals surface area contributed by atoms with Gasteiger partial charge in [-0.3, -0.25) is 0 Å². The Kier molecular flexibility index (Phi) is 2.87. The Bertz CT molecular complexity index is 233. The summed E-state index contributed by atoms with van der Waals surface area (Å²) in [7, 11) is 0. The van der Waals surface area contributed by atoms with Crippen LogP contribution in [0.25, 0.3) is 0 Å². The molecule has 0 aliphatic carbocycles. The van der Waals surface area contributed by atoms with Crippen LogP contribution in [0.2, 0.25) is 0 Å². The average molecular weight is 210 g/mol. The van der Waals surface area contributed by atoms with Crippen molar-refractivity contribution < 1.29 is 33.5 Å². The van der Waals surface area contributed by atoms with Gasteiger partial charge >= 0.3 is 82.4 Å². The van der Waals surface area contributed by atoms with Crippen LogP contribution in [0.15, 0.2) is 18.2 Å². The molecule has 0 aliphatic rings. The van der Waals surface area contributed by atoms with Crippen LogP contribution in [0.1, 0.15) is 11.1 Å². The van der Waals surface area contributed by atoms with Crippen LogP contribution in [-0.2, 0) is 31.5 Å². The molecule has 0 aromatic heterocycles. The summed E-state index contributed by atoms with van der Waals surface area (Å²) in [5, 5.41) is 0. The molecule has 2 heteroatoms. The minimum atomic E-state index is 0.832. The van der Waals surface area contributed by atoms with Gasteiger partial charge in [0.05, 0.1) is 0 Å². The topological polar surface area (TPSA) is 9.23 Å². The van der Waals surface area contributed by atoms with Crippen molar-refractivity contribution in [3.63, 3.8) is 0 Å². The Morgan fingerprint density at radius 2 is 2.00 bits per heavy atom. The maximum atomic E-state index is 5.26. The molecule has 1 aromatic rings. The number of hydrogen-bond donors (Lipinski definition) is 0. The SMILES string of the molecule is Cc1ccc(C)c([O][Y])c1. The minimum absolute atomic E-state index is 0.832. The number of aryl methyl sites for hydroxylation is 2. The molecule has 10 heavy (non-hydrogen) atoms. The number of benzene rings is 1. The van der Waals surface area contributed by atoms with E-state index in [-0.39, 0.29) is 0 Å². The van der Waals surface area contributed by atoms with Crippen molar-refractivity contribution in [3.8, 4) is 5.75 Å². The van der Waals surface area contributed by atoms with E-state index in [1.165, 1.54) is 11.1 Å². The van der Waals surface area contributed by atoms with Gasteiger partial charge in [-0.25, -0.2) is 0 Å². The average Bonchev–Trinajstić information content (AvgIpc) is 1.94. The zero-order valence-electron chi connectivity index (χ0n) is 6.22. The monoisotopic (exact) mass is 210 g/mol. The fourth-order valence-electron chi connectivity index (χ4n) is 0.834. The Morgan fingerprint density at radius 1 is 1.30 bits per heavy atom. The van der Waals surface area contributed by atoms with Crippen LogP contribution < -0.4 is 2.05 Å². The third-order valence-electron chi connectivity index (χ3n) is 1.47. The van der Waals surface area contributed by atoms with Crippen LogP contribution in [-0.4, -0.2) is 0 Å². The van der Waals surface area contributed by atoms with Crippen LogP contribution >= 0.6 is 0 Å². The van der Waals surface area contributed by atoms with Crippen molar-refractivity contribution in [2.24, 2.45) is 0 Å². The molecular formula is C8H9OY. The van der Waals surface area contributed by atoms with Gasteiger partial charge in [0.25, 0.3) is 0 Å². The van der Waals surface area contributed by atoms with Gasteiger partial charge in [-0.05, 0) is 0 Å². The molecule has 0 radical (unpaired) electrons. The number of rotatable bonds is 1. The summed E-state index contributed by atoms with van der Waals surface area (Å²) >= 11 is 0.832. The van der Waals surface area contributed by atoms with Crippen molar-refractivity contribution in [2.45, 2.75) is 13.8 Å². The third kappa shape index (κ3) is 1.80. The zero-order valence-corrected chi connectivity index (χ0v) is 9.06. The Hall–Kier alpha value is 0.124. The van der Waals surface area contributed by atoms with Crippen LogP contribution in [0, 0.1) is 13.8 Å². The standard InChI is InChI=1S/C8H10O.Y/c1-6-3-4-7(2)8(9)5-6;/h3-5,9H,1-2H3;/q;+1/p-1. The van der Waals surface area contributed by atoms with E-state index in [9.17, 15) is 0 Å². The Labute approximate surface area is 82.0 Å². The van der Waals surface area contributed by atoms with E-state index in [0.717, 1.165) is 37.2 Å². The van der Waals surface area contributed by atoms with E-state index in [4.69, 9.17) is 2.05 Å². The second-order valence-electron chi connectivity index (χ2n) is 2.39. The van der Waals surface area contributed by atoms with E-state index in [0.29, 0.717) is 0 Å². The molecule has 0 saturated carbocycles. The molecular weight excluding hydrogens is 201 g/mol. The summed E-state index contributed by atoms with van der Waals surface area (Å²) in [5.74, 6) is 1.03. The molecule has 0 aliphatic heterocycles. The summed E-state index contributed by atoms with van der Waals surface area (Å²) in [6, 6.07) is 6.25. The fraction of sp³-hybridized carbons (Fsp3) is 0.250. The van der Waals surface area contributed by atoms with Gasteiger partial charge in [-0.15, -0.1) is 0 Å². The van der Waals surface area contributed by atoms with Gasteiger partial charge in [0.15, 0.2) is 0 Å². The zero-order chi connectivity index (χ0) is 7.56. The summed E-state index contributed by atoms with van der Waals surface area (Å²) in [4.78, 5) is 0. The molecule has 0 atom stereocenters. The van der Waals surface area contributed by atoms with Gasteiger partial charge < -0.3 is 0 Å². The first kappa shape index (κ1) is 8.22. The molecule has 0 amide bonds. The predicted octanol–water partition coefficient (Wildman–Crippen LogP) is 2.14. The van der Waals surface area contributed by atoms with Crippen molar-refractivity contribution in [2.75, 3.05) is 0 Å². The van der Waals surface area contributed by atoms with Gasteiger partial charge in [-0.2, -0.15) is 0 Å². The quantitative estimate of drug-likeness (QED) is 0.689. The van der Waals surface area contributed by atoms with Crippen molar-refractivity contribution in [1.29, 1.82) is 0 Å². The van der Waals surface area contributed by atoms with E-state index in [1.54, 1.807) is 0 Å². The first-order valence-corrected chi connectivity index (χ1v) is 4.34. The van der Waals surface area contributed by atoms with Gasteiger partial charge in [0.2, 0.25) is 0 Å². The molecule has 1 nitrogen and oxygen atoms in total. The third-order valence-corrected chi connectivity index (χ3v) is 2.09. The van der Waals surface area contributed by atoms with E-state index >= 15 is 0 Å². The predicted molar refractivity (Wildman–Crippen MR) is 36.5 cm³/mol. The molecule has 1 aromatic carbocycles. The molecule has 1 rings (SSSR count). The second-order valence-corrected chi connectivity index (χ2v) is 2.97. The van der Waals surface area contributed by atoms with Crippen molar-refractivity contribution >= 4 is 0 Å². The Morgan fingerprint density at radius 3 is 2.50 bits per heavy atom. The fourth-order valence-corrected chi connectivity index (χ4v) is 1.46. The number of hydrogen-bond acceptors (Lipinski definition) is 1. The van der Waals surface area contributed by atoms with Crippen LogP contribution in [0.4, 0.5) is 0 Å². The second kappa shape index (κ2) is 3.50. The molecule has 0 heterocycles. The first-order chi connectivity index (χ1) is 4.74. The normalized spacial score (nSPS) is 9.30. The summed E-state index contributed by atoms with van der Waals surface area (Å²) in [5.41, 5.74) is 2.48. The van der Waals surface area contributed by atoms with Gasteiger partial charge in [0, 0.05) is 0 Å². The molecule has 0 spiro atoms. The molecule has 0 saturated heterocycles. The molecule has 0 bridgehead atoms. The van der Waals surface area contributed by atoms with Crippen LogP contribution in [0.3, 0.4) is 0 Å². The summed E-state index contributed by atoms with van der Waals surface area (Å²) in [6.07, 6.45) is 0. The van der Waals surface area contributed by atoms with Crippen molar-refractivity contribution in [3.05, 3.63) is 29.3 Å². The van der Waals surface area contributed by atoms with Gasteiger partial charge in [0.1, 0.15) is 0 Å². The van der Waals surface area contributed by atoms with E-state index in [2.05, 4.69) is 32.0 Å². The van der Waals surface area contributed by atoms with Crippen LogP contribution in [0.5, 0.6) is 5.75 Å². The van der Waals surface area contributed by atoms with E-state index < -0.39 is 0 Å². The molecule has 0 unspecified atom stereocenters. The Balaban J connectivity index is 3.09. The van der Waals surface area contributed by atoms with Crippen molar-refractivity contribution in [1.82, 2.24) is 0 Å². The van der Waals surface area contributed by atoms with E-state index in [1.807, 2.05) is 0 Å².